The fourth-order valence-electron chi connectivity index (χ4n) is 2.43. The molecule has 2 aromatic carbocycles. The highest BCUT2D eigenvalue weighted by Crippen LogP contribution is 2.35. The molecule has 0 unspecified atom stereocenters. The Labute approximate surface area is 142 Å². The molecule has 0 atom stereocenters. The molecule has 1 aromatic heterocycles. The molecular formula is C19H14F2N2O2. The monoisotopic (exact) mass is 340 g/mol. The number of aromatic amines is 1. The van der Waals surface area contributed by atoms with Gasteiger partial charge < -0.3 is 14.5 Å². The van der Waals surface area contributed by atoms with Gasteiger partial charge in [-0.15, -0.1) is 0 Å². The van der Waals surface area contributed by atoms with Gasteiger partial charge in [0.1, 0.15) is 17.6 Å². The van der Waals surface area contributed by atoms with Crippen LogP contribution < -0.4 is 4.74 Å². The van der Waals surface area contributed by atoms with E-state index < -0.39 is 11.6 Å². The number of nitrogens with one attached hydrogen (secondary N) is 1. The number of H-pyrrole nitrogens is 1. The van der Waals surface area contributed by atoms with Crippen molar-refractivity contribution in [3.05, 3.63) is 65.6 Å². The summed E-state index contributed by atoms with van der Waals surface area (Å²) in [4.78, 5) is 2.95. The summed E-state index contributed by atoms with van der Waals surface area (Å²) in [6.07, 6.45) is 4.75. The van der Waals surface area contributed by atoms with Crippen molar-refractivity contribution in [3.63, 3.8) is 0 Å². The van der Waals surface area contributed by atoms with E-state index in [9.17, 15) is 8.78 Å². The third kappa shape index (κ3) is 3.31. The highest BCUT2D eigenvalue weighted by Gasteiger charge is 2.16. The van der Waals surface area contributed by atoms with Crippen LogP contribution in [0.3, 0.4) is 0 Å². The van der Waals surface area contributed by atoms with Gasteiger partial charge in [0.2, 0.25) is 0 Å². The zero-order valence-corrected chi connectivity index (χ0v) is 13.3. The lowest BCUT2D eigenvalue weighted by atomic mass is 10.1. The van der Waals surface area contributed by atoms with E-state index in [1.165, 1.54) is 24.5 Å². The maximum atomic E-state index is 14.6. The smallest absolute Gasteiger partial charge is 0.171 e. The first-order chi connectivity index (χ1) is 12.1. The second kappa shape index (κ2) is 7.05. The highest BCUT2D eigenvalue weighted by molar-refractivity contribution is 5.91. The second-order valence-electron chi connectivity index (χ2n) is 5.15. The summed E-state index contributed by atoms with van der Waals surface area (Å²) in [6, 6.07) is 8.51. The Hall–Kier alpha value is -3.33. The molecule has 0 aliphatic rings. The summed E-state index contributed by atoms with van der Waals surface area (Å²) in [5, 5.41) is 9.67. The standard InChI is InChI=1S/C19H14F2N2O2/c1-2-24-8-6-15-14-5-7-23-18(14)10-17(21)19(15)25-13-3-4-16(20)12(9-13)11-22/h3-10,23H,2H2,1H3. The third-order valence-corrected chi connectivity index (χ3v) is 3.58. The number of aromatic nitrogens is 1. The van der Waals surface area contributed by atoms with Gasteiger partial charge in [-0.05, 0) is 31.2 Å². The Morgan fingerprint density at radius 1 is 1.20 bits per heavy atom. The van der Waals surface area contributed by atoms with Crippen molar-refractivity contribution < 1.29 is 18.3 Å². The molecule has 0 aliphatic carbocycles. The minimum absolute atomic E-state index is 0.0291. The fourth-order valence-corrected chi connectivity index (χ4v) is 2.43. The average Bonchev–Trinajstić information content (AvgIpc) is 3.07. The van der Waals surface area contributed by atoms with Crippen molar-refractivity contribution in [2.75, 3.05) is 6.61 Å². The summed E-state index contributed by atoms with van der Waals surface area (Å²) >= 11 is 0. The van der Waals surface area contributed by atoms with Gasteiger partial charge in [-0.2, -0.15) is 5.26 Å². The number of fused-ring (bicyclic) bond motifs is 1. The van der Waals surface area contributed by atoms with Crippen LogP contribution in [0.4, 0.5) is 8.78 Å². The molecular weight excluding hydrogens is 326 g/mol. The van der Waals surface area contributed by atoms with Gasteiger partial charge in [0.05, 0.1) is 18.4 Å². The molecule has 3 aromatic rings. The van der Waals surface area contributed by atoms with Crippen LogP contribution in [-0.4, -0.2) is 11.6 Å². The summed E-state index contributed by atoms with van der Waals surface area (Å²) in [7, 11) is 0. The number of rotatable bonds is 5. The number of ether oxygens (including phenoxy) is 2. The molecule has 0 saturated carbocycles. The zero-order chi connectivity index (χ0) is 17.8. The molecule has 126 valence electrons. The minimum Gasteiger partial charge on any atom is -0.501 e. The van der Waals surface area contributed by atoms with Gasteiger partial charge in [-0.3, -0.25) is 0 Å². The van der Waals surface area contributed by atoms with Crippen molar-refractivity contribution in [1.29, 1.82) is 5.26 Å². The normalized spacial score (nSPS) is 11.0. The van der Waals surface area contributed by atoms with E-state index in [0.29, 0.717) is 17.7 Å². The largest absolute Gasteiger partial charge is 0.501 e. The van der Waals surface area contributed by atoms with Crippen LogP contribution in [0.5, 0.6) is 11.5 Å². The van der Waals surface area contributed by atoms with Gasteiger partial charge in [0, 0.05) is 34.8 Å². The first kappa shape index (κ1) is 16.5. The van der Waals surface area contributed by atoms with Crippen molar-refractivity contribution in [2.45, 2.75) is 6.92 Å². The van der Waals surface area contributed by atoms with E-state index >= 15 is 0 Å². The molecule has 0 amide bonds. The molecule has 0 spiro atoms. The maximum Gasteiger partial charge on any atom is 0.171 e. The van der Waals surface area contributed by atoms with E-state index in [1.54, 1.807) is 24.4 Å². The molecule has 25 heavy (non-hydrogen) atoms. The molecule has 0 aliphatic heterocycles. The molecule has 1 heterocycles. The summed E-state index contributed by atoms with van der Waals surface area (Å²) in [5.74, 6) is -1.11. The molecule has 6 heteroatoms. The number of hydrogen-bond acceptors (Lipinski definition) is 3. The van der Waals surface area contributed by atoms with E-state index in [2.05, 4.69) is 4.98 Å². The lowest BCUT2D eigenvalue weighted by Gasteiger charge is -2.12. The van der Waals surface area contributed by atoms with Crippen LogP contribution >= 0.6 is 0 Å². The Balaban J connectivity index is 2.10. The lowest BCUT2D eigenvalue weighted by Crippen LogP contribution is -1.95. The van der Waals surface area contributed by atoms with Crippen LogP contribution in [0.1, 0.15) is 18.1 Å². The predicted molar refractivity (Wildman–Crippen MR) is 90.1 cm³/mol. The minimum atomic E-state index is -0.659. The van der Waals surface area contributed by atoms with Crippen molar-refractivity contribution in [1.82, 2.24) is 4.98 Å². The Morgan fingerprint density at radius 3 is 2.80 bits per heavy atom. The van der Waals surface area contributed by atoms with E-state index in [1.807, 2.05) is 6.92 Å². The van der Waals surface area contributed by atoms with Crippen molar-refractivity contribution in [3.8, 4) is 17.6 Å². The molecule has 3 rings (SSSR count). The van der Waals surface area contributed by atoms with Gasteiger partial charge in [-0.25, -0.2) is 8.78 Å². The van der Waals surface area contributed by atoms with Crippen molar-refractivity contribution in [2.24, 2.45) is 0 Å². The zero-order valence-electron chi connectivity index (χ0n) is 13.3. The molecule has 0 bridgehead atoms. The quantitative estimate of drug-likeness (QED) is 0.656. The predicted octanol–water partition coefficient (Wildman–Crippen LogP) is 5.12. The second-order valence-corrected chi connectivity index (χ2v) is 5.15. The number of halogens is 2. The van der Waals surface area contributed by atoms with Crippen LogP contribution in [-0.2, 0) is 4.74 Å². The molecule has 0 saturated heterocycles. The third-order valence-electron chi connectivity index (χ3n) is 3.58. The summed E-state index contributed by atoms with van der Waals surface area (Å²) in [5.41, 5.74) is 0.914. The number of nitriles is 1. The topological polar surface area (TPSA) is 58.0 Å². The van der Waals surface area contributed by atoms with Crippen LogP contribution in [0.15, 0.2) is 42.8 Å². The van der Waals surface area contributed by atoms with Gasteiger partial charge in [0.15, 0.2) is 11.6 Å². The Bertz CT molecular complexity index is 987. The average molecular weight is 340 g/mol. The lowest BCUT2D eigenvalue weighted by molar-refractivity contribution is 0.272. The fraction of sp³-hybridized carbons (Fsp3) is 0.105. The first-order valence-corrected chi connectivity index (χ1v) is 7.59. The van der Waals surface area contributed by atoms with Crippen molar-refractivity contribution >= 4 is 17.0 Å². The van der Waals surface area contributed by atoms with Gasteiger partial charge in [0.25, 0.3) is 0 Å². The summed E-state index contributed by atoms with van der Waals surface area (Å²) in [6.45, 7) is 2.31. The maximum absolute atomic E-state index is 14.6. The van der Waals surface area contributed by atoms with Crippen LogP contribution in [0.25, 0.3) is 17.0 Å². The van der Waals surface area contributed by atoms with E-state index in [0.717, 1.165) is 11.5 Å². The first-order valence-electron chi connectivity index (χ1n) is 7.59. The number of nitrogens with zero attached hydrogens (tertiary/aromatic N) is 1. The Morgan fingerprint density at radius 2 is 2.04 bits per heavy atom. The van der Waals surface area contributed by atoms with E-state index in [4.69, 9.17) is 14.7 Å². The van der Waals surface area contributed by atoms with Gasteiger partial charge in [-0.1, -0.05) is 0 Å². The number of benzene rings is 2. The van der Waals surface area contributed by atoms with Crippen LogP contribution in [0, 0.1) is 23.0 Å². The molecule has 0 radical (unpaired) electrons. The summed E-state index contributed by atoms with van der Waals surface area (Å²) < 4.78 is 38.8. The molecule has 4 nitrogen and oxygen atoms in total. The molecule has 1 N–H and O–H groups in total. The highest BCUT2D eigenvalue weighted by atomic mass is 19.1. The van der Waals surface area contributed by atoms with Gasteiger partial charge >= 0.3 is 0 Å². The Kier molecular flexibility index (Phi) is 4.66. The molecule has 0 fully saturated rings. The van der Waals surface area contributed by atoms with Crippen LogP contribution in [0.2, 0.25) is 0 Å². The number of hydrogen-bond donors (Lipinski definition) is 1. The van der Waals surface area contributed by atoms with E-state index in [-0.39, 0.29) is 17.1 Å². The SMILES string of the molecule is CCOC=Cc1c(Oc2ccc(F)c(C#N)c2)c(F)cc2[nH]ccc12.